The Morgan fingerprint density at radius 3 is 2.56 bits per heavy atom. The van der Waals surface area contributed by atoms with Crippen LogP contribution in [0.1, 0.15) is 43.6 Å². The van der Waals surface area contributed by atoms with Gasteiger partial charge in [-0.2, -0.15) is 0 Å². The molecule has 11 nitrogen and oxygen atoms in total. The second-order valence-corrected chi connectivity index (χ2v) is 11.7. The summed E-state index contributed by atoms with van der Waals surface area (Å²) in [5.41, 5.74) is 3.76. The van der Waals surface area contributed by atoms with Crippen LogP contribution < -0.4 is 24.4 Å². The summed E-state index contributed by atoms with van der Waals surface area (Å²) in [6.45, 7) is 8.38. The quantitative estimate of drug-likeness (QED) is 0.253. The highest BCUT2D eigenvalue weighted by Crippen LogP contribution is 2.47. The maximum absolute atomic E-state index is 12.3. The number of fused-ring (bicyclic) bond motifs is 2. The number of aliphatic hydroxyl groups is 1. The maximum atomic E-state index is 12.3. The zero-order chi connectivity index (χ0) is 31.6. The fraction of sp³-hybridized carbons (Fsp3) is 0.324. The number of amides is 1. The van der Waals surface area contributed by atoms with E-state index in [-0.39, 0.29) is 0 Å². The van der Waals surface area contributed by atoms with Gasteiger partial charge in [0.15, 0.2) is 5.75 Å². The fourth-order valence-electron chi connectivity index (χ4n) is 5.17. The van der Waals surface area contributed by atoms with Gasteiger partial charge in [0, 0.05) is 47.9 Å². The van der Waals surface area contributed by atoms with Gasteiger partial charge in [-0.15, -0.1) is 0 Å². The Labute approximate surface area is 261 Å². The summed E-state index contributed by atoms with van der Waals surface area (Å²) in [6.07, 6.45) is 0.00564. The molecule has 2 aliphatic rings. The Kier molecular flexibility index (Phi) is 8.46. The summed E-state index contributed by atoms with van der Waals surface area (Å²) in [7, 11) is 1.63. The number of carbonyl (C=O) groups excluding carboxylic acids is 1. The first-order valence-corrected chi connectivity index (χ1v) is 14.8. The summed E-state index contributed by atoms with van der Waals surface area (Å²) in [5.74, 6) is 2.05. The van der Waals surface area contributed by atoms with Crippen molar-refractivity contribution in [1.29, 1.82) is 0 Å². The molecule has 2 aromatic heterocycles. The number of morpholine rings is 1. The Hall–Kier alpha value is -4.87. The summed E-state index contributed by atoms with van der Waals surface area (Å²) >= 11 is 0. The molecule has 0 bridgehead atoms. The van der Waals surface area contributed by atoms with Crippen LogP contribution >= 0.6 is 0 Å². The lowest BCUT2D eigenvalue weighted by molar-refractivity contribution is 0.0635. The number of nitrogens with zero attached hydrogens (tertiary/aromatic N) is 3. The summed E-state index contributed by atoms with van der Waals surface area (Å²) in [5, 5.41) is 14.2. The first-order chi connectivity index (χ1) is 21.7. The zero-order valence-corrected chi connectivity index (χ0v) is 25.7. The van der Waals surface area contributed by atoms with Crippen LogP contribution in [0.15, 0.2) is 66.9 Å². The molecule has 45 heavy (non-hydrogen) atoms. The molecule has 0 aliphatic carbocycles. The van der Waals surface area contributed by atoms with Crippen LogP contribution in [0, 0.1) is 0 Å². The third-order valence-corrected chi connectivity index (χ3v) is 7.34. The molecule has 4 heterocycles. The number of ether oxygens (including phenoxy) is 5. The Morgan fingerprint density at radius 2 is 1.82 bits per heavy atom. The lowest BCUT2D eigenvalue weighted by Crippen LogP contribution is -2.36. The van der Waals surface area contributed by atoms with Crippen LogP contribution in [0.3, 0.4) is 0 Å². The molecule has 234 valence electrons. The molecule has 0 radical (unpaired) electrons. The number of aromatic nitrogens is 2. The number of pyridine rings is 2. The van der Waals surface area contributed by atoms with Gasteiger partial charge in [0.1, 0.15) is 35.5 Å². The van der Waals surface area contributed by atoms with E-state index in [9.17, 15) is 9.90 Å². The van der Waals surface area contributed by atoms with E-state index in [2.05, 4.69) is 15.2 Å². The minimum absolute atomic E-state index is 0.311. The number of methoxy groups -OCH3 is 1. The van der Waals surface area contributed by atoms with Gasteiger partial charge in [-0.3, -0.25) is 10.3 Å². The monoisotopic (exact) mass is 612 g/mol. The molecule has 11 heteroatoms. The van der Waals surface area contributed by atoms with Gasteiger partial charge in [-0.05, 0) is 68.8 Å². The molecule has 0 spiro atoms. The predicted octanol–water partition coefficient (Wildman–Crippen LogP) is 6.10. The third-order valence-electron chi connectivity index (χ3n) is 7.34. The molecule has 6 rings (SSSR count). The second-order valence-electron chi connectivity index (χ2n) is 11.7. The topological polar surface area (TPSA) is 125 Å². The van der Waals surface area contributed by atoms with E-state index in [1.165, 1.54) is 0 Å². The van der Waals surface area contributed by atoms with Crippen LogP contribution in [0.4, 0.5) is 16.2 Å². The van der Waals surface area contributed by atoms with Crippen molar-refractivity contribution in [2.75, 3.05) is 43.6 Å². The van der Waals surface area contributed by atoms with Crippen molar-refractivity contribution >= 4 is 17.5 Å². The van der Waals surface area contributed by atoms with Crippen molar-refractivity contribution in [3.05, 3.63) is 83.6 Å². The number of hydrogen-bond acceptors (Lipinski definition) is 10. The van der Waals surface area contributed by atoms with Gasteiger partial charge < -0.3 is 33.7 Å². The van der Waals surface area contributed by atoms with Crippen LogP contribution in [0.2, 0.25) is 0 Å². The molecule has 0 saturated carbocycles. The average Bonchev–Trinajstić information content (AvgIpc) is 3.03. The van der Waals surface area contributed by atoms with Crippen LogP contribution in [0.25, 0.3) is 11.4 Å². The second kappa shape index (κ2) is 12.6. The molecule has 1 atom stereocenters. The van der Waals surface area contributed by atoms with Gasteiger partial charge in [0.05, 0.1) is 26.0 Å². The lowest BCUT2D eigenvalue weighted by Gasteiger charge is -2.30. The smallest absolute Gasteiger partial charge is 0.412 e. The van der Waals surface area contributed by atoms with Crippen LogP contribution in [-0.2, 0) is 16.1 Å². The van der Waals surface area contributed by atoms with Gasteiger partial charge in [0.2, 0.25) is 5.88 Å². The lowest BCUT2D eigenvalue weighted by atomic mass is 9.96. The van der Waals surface area contributed by atoms with Crippen molar-refractivity contribution in [2.24, 2.45) is 0 Å². The van der Waals surface area contributed by atoms with Crippen molar-refractivity contribution in [2.45, 2.75) is 39.1 Å². The van der Waals surface area contributed by atoms with Gasteiger partial charge in [0.25, 0.3) is 0 Å². The minimum atomic E-state index is -1.03. The van der Waals surface area contributed by atoms with Crippen LogP contribution in [-0.4, -0.2) is 60.2 Å². The first-order valence-electron chi connectivity index (χ1n) is 14.8. The summed E-state index contributed by atoms with van der Waals surface area (Å²) in [6, 6.07) is 18.3. The van der Waals surface area contributed by atoms with Crippen LogP contribution in [0.5, 0.6) is 23.1 Å². The summed E-state index contributed by atoms with van der Waals surface area (Å²) in [4.78, 5) is 24.0. The Balaban J connectivity index is 1.31. The summed E-state index contributed by atoms with van der Waals surface area (Å²) < 4.78 is 28.7. The molecular formula is C34H36N4O7. The van der Waals surface area contributed by atoms with E-state index < -0.39 is 17.8 Å². The third kappa shape index (κ3) is 6.95. The molecule has 4 aromatic rings. The molecule has 2 N–H and O–H groups in total. The predicted molar refractivity (Wildman–Crippen MR) is 168 cm³/mol. The van der Waals surface area contributed by atoms with E-state index in [1.807, 2.05) is 36.4 Å². The SMILES string of the molecule is COc1ccc(COc2cc(N3CCOCC3)cc(-c3nccc4c3Oc3ccc(NC(=O)OC(C)(C)C)cc3C4O)n2)cc1. The molecule has 1 unspecified atom stereocenters. The Bertz CT molecular complexity index is 1680. The molecule has 1 amide bonds. The normalized spacial score (nSPS) is 15.8. The molecule has 1 fully saturated rings. The highest BCUT2D eigenvalue weighted by atomic mass is 16.6. The number of benzene rings is 2. The number of hydrogen-bond donors (Lipinski definition) is 2. The van der Waals surface area contributed by atoms with Crippen molar-refractivity contribution in [1.82, 2.24) is 9.97 Å². The molecule has 2 aliphatic heterocycles. The standard InChI is InChI=1S/C34H36N4O7/c1-34(2,3)45-33(40)36-22-7-10-28-26(17-22)31(39)25-11-12-35-30(32(25)44-28)27-18-23(38-13-15-42-16-14-38)19-29(37-27)43-20-21-5-8-24(41-4)9-6-21/h5-12,17-19,31,39H,13-16,20H2,1-4H3,(H,36,40). The zero-order valence-electron chi connectivity index (χ0n) is 25.7. The van der Waals surface area contributed by atoms with Crippen molar-refractivity contribution in [3.8, 4) is 34.5 Å². The highest BCUT2D eigenvalue weighted by Gasteiger charge is 2.30. The molecule has 1 saturated heterocycles. The maximum Gasteiger partial charge on any atom is 0.412 e. The fourth-order valence-corrected chi connectivity index (χ4v) is 5.17. The number of rotatable bonds is 7. The minimum Gasteiger partial charge on any atom is -0.497 e. The van der Waals surface area contributed by atoms with Crippen molar-refractivity contribution < 1.29 is 33.6 Å². The number of anilines is 2. The average molecular weight is 613 g/mol. The van der Waals surface area contributed by atoms with Crippen molar-refractivity contribution in [3.63, 3.8) is 0 Å². The number of nitrogens with one attached hydrogen (secondary N) is 1. The van der Waals surface area contributed by atoms with E-state index in [4.69, 9.17) is 28.7 Å². The largest absolute Gasteiger partial charge is 0.497 e. The molecule has 2 aromatic carbocycles. The van der Waals surface area contributed by atoms with E-state index in [0.29, 0.717) is 65.4 Å². The first kappa shape index (κ1) is 30.2. The number of carbonyl (C=O) groups is 1. The van der Waals surface area contributed by atoms with Gasteiger partial charge >= 0.3 is 6.09 Å². The van der Waals surface area contributed by atoms with E-state index in [0.717, 1.165) is 30.1 Å². The van der Waals surface area contributed by atoms with Gasteiger partial charge in [-0.1, -0.05) is 12.1 Å². The van der Waals surface area contributed by atoms with E-state index in [1.54, 1.807) is 58.3 Å². The van der Waals surface area contributed by atoms with E-state index >= 15 is 0 Å². The molecular weight excluding hydrogens is 576 g/mol. The Morgan fingerprint density at radius 1 is 1.04 bits per heavy atom. The number of aliphatic hydroxyl groups excluding tert-OH is 1. The van der Waals surface area contributed by atoms with Gasteiger partial charge in [-0.25, -0.2) is 9.78 Å². The highest BCUT2D eigenvalue weighted by molar-refractivity contribution is 5.85.